The van der Waals surface area contributed by atoms with Gasteiger partial charge in [0.2, 0.25) is 11.8 Å². The number of nitrogens with one attached hydrogen (secondary N) is 1. The largest absolute Gasteiger partial charge is 0.493 e. The average Bonchev–Trinajstić information content (AvgIpc) is 3.70. The first-order valence-corrected chi connectivity index (χ1v) is 15.4. The van der Waals surface area contributed by atoms with E-state index in [1.165, 1.54) is 26.4 Å². The molecule has 10 heteroatoms. The SMILES string of the molecule is COc1cc(CO)cc2c1O[C@@H]1[C@@H](O)[C@H](N(CCCOC(C)C)C(=O)CC3CC4CCC3C4)C=C(C(=O)NCCO)[C@H]21. The summed E-state index contributed by atoms with van der Waals surface area (Å²) in [6.45, 7) is 4.39. The second-order valence-electron chi connectivity index (χ2n) is 12.5. The summed E-state index contributed by atoms with van der Waals surface area (Å²) < 4.78 is 17.6. The lowest BCUT2D eigenvalue weighted by molar-refractivity contribution is -0.139. The summed E-state index contributed by atoms with van der Waals surface area (Å²) >= 11 is 0. The molecule has 1 aromatic carbocycles. The van der Waals surface area contributed by atoms with Crippen molar-refractivity contribution >= 4 is 11.8 Å². The van der Waals surface area contributed by atoms with E-state index in [1.54, 1.807) is 23.1 Å². The van der Waals surface area contributed by atoms with Crippen LogP contribution in [0.4, 0.5) is 0 Å². The van der Waals surface area contributed by atoms with Gasteiger partial charge in [-0.2, -0.15) is 0 Å². The molecule has 2 bridgehead atoms. The molecule has 42 heavy (non-hydrogen) atoms. The third-order valence-corrected chi connectivity index (χ3v) is 9.49. The van der Waals surface area contributed by atoms with Gasteiger partial charge < -0.3 is 39.7 Å². The van der Waals surface area contributed by atoms with Crippen molar-refractivity contribution in [3.05, 3.63) is 34.9 Å². The highest BCUT2D eigenvalue weighted by molar-refractivity contribution is 5.96. The predicted octanol–water partition coefficient (Wildman–Crippen LogP) is 2.28. The molecule has 1 aromatic rings. The maximum absolute atomic E-state index is 14.0. The summed E-state index contributed by atoms with van der Waals surface area (Å²) in [7, 11) is 1.50. The summed E-state index contributed by atoms with van der Waals surface area (Å²) in [4.78, 5) is 29.3. The van der Waals surface area contributed by atoms with Crippen molar-refractivity contribution < 1.29 is 39.1 Å². The zero-order valence-electron chi connectivity index (χ0n) is 25.0. The molecule has 3 aliphatic carbocycles. The van der Waals surface area contributed by atoms with Gasteiger partial charge in [-0.1, -0.05) is 6.42 Å². The Kier molecular flexibility index (Phi) is 9.77. The van der Waals surface area contributed by atoms with Crippen molar-refractivity contribution in [2.45, 2.75) is 89.3 Å². The van der Waals surface area contributed by atoms with E-state index in [-0.39, 0.29) is 31.8 Å². The molecule has 7 atom stereocenters. The molecule has 10 nitrogen and oxygen atoms in total. The van der Waals surface area contributed by atoms with Crippen molar-refractivity contribution in [2.75, 3.05) is 33.4 Å². The van der Waals surface area contributed by atoms with Crippen LogP contribution in [0.1, 0.15) is 69.4 Å². The van der Waals surface area contributed by atoms with E-state index in [0.29, 0.717) is 71.9 Å². The van der Waals surface area contributed by atoms with Crippen LogP contribution < -0.4 is 14.8 Å². The number of aliphatic hydroxyl groups excluding tert-OH is 3. The van der Waals surface area contributed by atoms with Gasteiger partial charge in [-0.05, 0) is 81.1 Å². The number of amides is 2. The van der Waals surface area contributed by atoms with E-state index in [9.17, 15) is 24.9 Å². The minimum atomic E-state index is -1.12. The van der Waals surface area contributed by atoms with Crippen LogP contribution in [0.5, 0.6) is 11.5 Å². The van der Waals surface area contributed by atoms with E-state index >= 15 is 0 Å². The Morgan fingerprint density at radius 1 is 1.19 bits per heavy atom. The Labute approximate surface area is 248 Å². The molecule has 2 fully saturated rings. The van der Waals surface area contributed by atoms with E-state index in [2.05, 4.69) is 5.32 Å². The molecule has 0 aromatic heterocycles. The van der Waals surface area contributed by atoms with Crippen molar-refractivity contribution in [3.63, 3.8) is 0 Å². The lowest BCUT2D eigenvalue weighted by Gasteiger charge is -2.41. The summed E-state index contributed by atoms with van der Waals surface area (Å²) in [5, 5.41) is 33.9. The van der Waals surface area contributed by atoms with Crippen LogP contribution >= 0.6 is 0 Å². The molecular formula is C32H46N2O8. The van der Waals surface area contributed by atoms with Crippen molar-refractivity contribution in [1.29, 1.82) is 0 Å². The van der Waals surface area contributed by atoms with Crippen LogP contribution in [-0.4, -0.2) is 89.8 Å². The van der Waals surface area contributed by atoms with E-state index < -0.39 is 30.1 Å². The molecule has 5 rings (SSSR count). The lowest BCUT2D eigenvalue weighted by Crippen LogP contribution is -2.56. The topological polar surface area (TPSA) is 138 Å². The lowest BCUT2D eigenvalue weighted by atomic mass is 9.77. The molecule has 2 saturated carbocycles. The molecule has 1 heterocycles. The van der Waals surface area contributed by atoms with Crippen LogP contribution in [0.15, 0.2) is 23.8 Å². The van der Waals surface area contributed by atoms with E-state index in [4.69, 9.17) is 14.2 Å². The Balaban J connectivity index is 1.48. The minimum absolute atomic E-state index is 0.0263. The highest BCUT2D eigenvalue weighted by Gasteiger charge is 2.52. The normalized spacial score (nSPS) is 29.1. The molecule has 232 valence electrons. The fraction of sp³-hybridized carbons (Fsp3) is 0.688. The number of aliphatic hydroxyl groups is 3. The van der Waals surface area contributed by atoms with Crippen LogP contribution in [-0.2, 0) is 20.9 Å². The number of rotatable bonds is 13. The molecular weight excluding hydrogens is 540 g/mol. The highest BCUT2D eigenvalue weighted by Crippen LogP contribution is 2.52. The van der Waals surface area contributed by atoms with Crippen LogP contribution in [0, 0.1) is 17.8 Å². The van der Waals surface area contributed by atoms with Crippen LogP contribution in [0.2, 0.25) is 0 Å². The quantitative estimate of drug-likeness (QED) is 0.259. The molecule has 0 radical (unpaired) electrons. The second-order valence-corrected chi connectivity index (χ2v) is 12.5. The number of ether oxygens (including phenoxy) is 3. The van der Waals surface area contributed by atoms with Gasteiger partial charge in [-0.25, -0.2) is 0 Å². The van der Waals surface area contributed by atoms with E-state index in [1.807, 2.05) is 13.8 Å². The van der Waals surface area contributed by atoms with Gasteiger partial charge in [-0.15, -0.1) is 0 Å². The van der Waals surface area contributed by atoms with Crippen LogP contribution in [0.25, 0.3) is 0 Å². The number of hydrogen-bond donors (Lipinski definition) is 4. The number of nitrogens with zero attached hydrogens (tertiary/aromatic N) is 1. The Bertz CT molecular complexity index is 1170. The molecule has 1 aliphatic heterocycles. The number of methoxy groups -OCH3 is 1. The fourth-order valence-electron chi connectivity index (χ4n) is 7.58. The average molecular weight is 587 g/mol. The van der Waals surface area contributed by atoms with Gasteiger partial charge in [0.25, 0.3) is 0 Å². The highest BCUT2D eigenvalue weighted by atomic mass is 16.5. The summed E-state index contributed by atoms with van der Waals surface area (Å²) in [6, 6.07) is 2.66. The third-order valence-electron chi connectivity index (χ3n) is 9.49. The van der Waals surface area contributed by atoms with Crippen molar-refractivity contribution in [3.8, 4) is 11.5 Å². The van der Waals surface area contributed by atoms with Gasteiger partial charge in [-0.3, -0.25) is 9.59 Å². The number of fused-ring (bicyclic) bond motifs is 5. The van der Waals surface area contributed by atoms with Crippen LogP contribution in [0.3, 0.4) is 0 Å². The Morgan fingerprint density at radius 3 is 2.64 bits per heavy atom. The maximum atomic E-state index is 14.0. The number of hydrogen-bond acceptors (Lipinski definition) is 8. The van der Waals surface area contributed by atoms with Gasteiger partial charge in [0.05, 0.1) is 38.4 Å². The molecule has 4 aliphatic rings. The van der Waals surface area contributed by atoms with Gasteiger partial charge in [0, 0.05) is 37.3 Å². The Hall–Kier alpha value is -2.66. The summed E-state index contributed by atoms with van der Waals surface area (Å²) in [5.74, 6) is 1.40. The summed E-state index contributed by atoms with van der Waals surface area (Å²) in [5.41, 5.74) is 1.58. The Morgan fingerprint density at radius 2 is 2.00 bits per heavy atom. The minimum Gasteiger partial charge on any atom is -0.493 e. The monoisotopic (exact) mass is 586 g/mol. The summed E-state index contributed by atoms with van der Waals surface area (Å²) in [6.07, 6.45) is 5.54. The first-order chi connectivity index (χ1) is 20.2. The van der Waals surface area contributed by atoms with Crippen molar-refractivity contribution in [2.24, 2.45) is 17.8 Å². The molecule has 3 unspecified atom stereocenters. The zero-order chi connectivity index (χ0) is 30.0. The third kappa shape index (κ3) is 6.18. The number of carbonyl (C=O) groups excluding carboxylic acids is 2. The first-order valence-electron chi connectivity index (χ1n) is 15.4. The second kappa shape index (κ2) is 13.3. The zero-order valence-corrected chi connectivity index (χ0v) is 25.0. The number of carbonyl (C=O) groups is 2. The molecule has 2 amide bonds. The standard InChI is InChI=1S/C32H46N2O8/c1-18(2)41-10-4-8-34(27(37)15-22-12-19-5-6-21(22)11-19)25-16-24(32(39)33-7-9-35)28-23-13-20(17-36)14-26(40-3)30(23)42-31(28)29(25)38/h13-14,16,18-19,21-22,25,28-29,31,35-36,38H,4-12,15,17H2,1-3H3,(H,33,39)/t19?,21?,22?,25-,28+,29+,31+/m1/s1. The van der Waals surface area contributed by atoms with Gasteiger partial charge >= 0.3 is 0 Å². The maximum Gasteiger partial charge on any atom is 0.247 e. The molecule has 4 N–H and O–H groups in total. The van der Waals surface area contributed by atoms with Gasteiger partial charge in [0.15, 0.2) is 11.5 Å². The smallest absolute Gasteiger partial charge is 0.247 e. The van der Waals surface area contributed by atoms with E-state index in [0.717, 1.165) is 6.42 Å². The number of benzene rings is 1. The van der Waals surface area contributed by atoms with Gasteiger partial charge in [0.1, 0.15) is 12.2 Å². The molecule has 0 saturated heterocycles. The molecule has 0 spiro atoms. The van der Waals surface area contributed by atoms with Crippen molar-refractivity contribution in [1.82, 2.24) is 10.2 Å². The predicted molar refractivity (Wildman–Crippen MR) is 155 cm³/mol. The fourth-order valence-corrected chi connectivity index (χ4v) is 7.58. The first kappa shape index (κ1) is 30.8.